The summed E-state index contributed by atoms with van der Waals surface area (Å²) in [6.07, 6.45) is 4.09. The normalized spacial score (nSPS) is 10.7. The average molecular weight is 345 g/mol. The predicted octanol–water partition coefficient (Wildman–Crippen LogP) is 5.04. The lowest BCUT2D eigenvalue weighted by Gasteiger charge is -2.11. The first kappa shape index (κ1) is 16.3. The molecule has 0 unspecified atom stereocenters. The van der Waals surface area contributed by atoms with Gasteiger partial charge in [0.05, 0.1) is 0 Å². The second kappa shape index (κ2) is 7.83. The number of rotatable bonds is 6. The largest absolute Gasteiger partial charge is 0.369 e. The van der Waals surface area contributed by atoms with Crippen LogP contribution in [0.3, 0.4) is 0 Å². The molecule has 0 atom stereocenters. The van der Waals surface area contributed by atoms with Crippen LogP contribution < -0.4 is 5.32 Å². The molecular formula is C15H16Cl3N3. The van der Waals surface area contributed by atoms with Crippen molar-refractivity contribution in [3.8, 4) is 0 Å². The Balaban J connectivity index is 2.02. The Labute approximate surface area is 139 Å². The molecule has 1 heterocycles. The van der Waals surface area contributed by atoms with Gasteiger partial charge in [-0.1, -0.05) is 54.2 Å². The van der Waals surface area contributed by atoms with Crippen molar-refractivity contribution in [3.63, 3.8) is 0 Å². The second-order valence-electron chi connectivity index (χ2n) is 4.65. The number of nitrogens with one attached hydrogen (secondary N) is 1. The molecule has 0 amide bonds. The van der Waals surface area contributed by atoms with E-state index >= 15 is 0 Å². The maximum absolute atomic E-state index is 6.16. The number of hydrogen-bond donors (Lipinski definition) is 1. The van der Waals surface area contributed by atoms with Gasteiger partial charge in [0.2, 0.25) is 0 Å². The van der Waals surface area contributed by atoms with Crippen LogP contribution in [0.25, 0.3) is 0 Å². The topological polar surface area (TPSA) is 37.8 Å². The molecule has 0 fully saturated rings. The van der Waals surface area contributed by atoms with E-state index in [1.54, 1.807) is 6.07 Å². The zero-order chi connectivity index (χ0) is 15.2. The van der Waals surface area contributed by atoms with E-state index < -0.39 is 0 Å². The van der Waals surface area contributed by atoms with Crippen molar-refractivity contribution in [3.05, 3.63) is 50.9 Å². The SMILES string of the molecule is CCCc1c(Cl)ncnc1NCCc1ccc(Cl)cc1Cl. The summed E-state index contributed by atoms with van der Waals surface area (Å²) in [5.74, 6) is 0.793. The minimum absolute atomic E-state index is 0.513. The molecule has 21 heavy (non-hydrogen) atoms. The van der Waals surface area contributed by atoms with Gasteiger partial charge < -0.3 is 5.32 Å². The predicted molar refractivity (Wildman–Crippen MR) is 89.7 cm³/mol. The number of nitrogens with zero attached hydrogens (tertiary/aromatic N) is 2. The molecule has 0 spiro atoms. The summed E-state index contributed by atoms with van der Waals surface area (Å²) >= 11 is 18.2. The zero-order valence-electron chi connectivity index (χ0n) is 11.7. The van der Waals surface area contributed by atoms with Crippen molar-refractivity contribution in [1.29, 1.82) is 0 Å². The standard InChI is InChI=1S/C15H16Cl3N3/c1-2-3-12-14(18)20-9-21-15(12)19-7-6-10-4-5-11(16)8-13(10)17/h4-5,8-9H,2-3,6-7H2,1H3,(H,19,20,21). The molecule has 112 valence electrons. The van der Waals surface area contributed by atoms with Gasteiger partial charge in [-0.15, -0.1) is 0 Å². The van der Waals surface area contributed by atoms with E-state index in [-0.39, 0.29) is 0 Å². The summed E-state index contributed by atoms with van der Waals surface area (Å²) < 4.78 is 0. The quantitative estimate of drug-likeness (QED) is 0.746. The third-order valence-corrected chi connectivity index (χ3v) is 4.01. The summed E-state index contributed by atoms with van der Waals surface area (Å²) in [6.45, 7) is 2.81. The molecule has 1 aromatic carbocycles. The highest BCUT2D eigenvalue weighted by molar-refractivity contribution is 6.35. The first-order valence-electron chi connectivity index (χ1n) is 6.79. The van der Waals surface area contributed by atoms with Crippen LogP contribution in [0.2, 0.25) is 15.2 Å². The fraction of sp³-hybridized carbons (Fsp3) is 0.333. The van der Waals surface area contributed by atoms with E-state index in [1.807, 2.05) is 12.1 Å². The van der Waals surface area contributed by atoms with Crippen LogP contribution in [0, 0.1) is 0 Å². The molecule has 0 aliphatic rings. The summed E-state index contributed by atoms with van der Waals surface area (Å²) in [7, 11) is 0. The van der Waals surface area contributed by atoms with Crippen LogP contribution in [0.15, 0.2) is 24.5 Å². The minimum Gasteiger partial charge on any atom is -0.369 e. The maximum atomic E-state index is 6.16. The summed E-state index contributed by atoms with van der Waals surface area (Å²) in [5, 5.41) is 5.14. The molecule has 1 aromatic heterocycles. The van der Waals surface area contributed by atoms with E-state index in [9.17, 15) is 0 Å². The molecule has 0 aliphatic heterocycles. The summed E-state index contributed by atoms with van der Waals surface area (Å²) in [5.41, 5.74) is 2.01. The smallest absolute Gasteiger partial charge is 0.137 e. The van der Waals surface area contributed by atoms with Gasteiger partial charge in [-0.3, -0.25) is 0 Å². The van der Waals surface area contributed by atoms with E-state index in [2.05, 4.69) is 22.2 Å². The van der Waals surface area contributed by atoms with Crippen molar-refractivity contribution >= 4 is 40.6 Å². The number of anilines is 1. The van der Waals surface area contributed by atoms with Gasteiger partial charge in [0.1, 0.15) is 17.3 Å². The number of halogens is 3. The van der Waals surface area contributed by atoms with Crippen LogP contribution in [0.1, 0.15) is 24.5 Å². The molecule has 0 saturated carbocycles. The average Bonchev–Trinajstić information content (AvgIpc) is 2.45. The first-order valence-corrected chi connectivity index (χ1v) is 7.92. The molecule has 0 aliphatic carbocycles. The zero-order valence-corrected chi connectivity index (χ0v) is 13.9. The fourth-order valence-corrected chi connectivity index (χ4v) is 2.79. The minimum atomic E-state index is 0.513. The highest BCUT2D eigenvalue weighted by Crippen LogP contribution is 2.23. The fourth-order valence-electron chi connectivity index (χ4n) is 2.05. The molecule has 0 radical (unpaired) electrons. The van der Waals surface area contributed by atoms with E-state index in [0.29, 0.717) is 21.7 Å². The Morgan fingerprint density at radius 1 is 1.10 bits per heavy atom. The van der Waals surface area contributed by atoms with Crippen LogP contribution in [0.5, 0.6) is 0 Å². The van der Waals surface area contributed by atoms with Gasteiger partial charge in [0, 0.05) is 22.2 Å². The van der Waals surface area contributed by atoms with E-state index in [1.165, 1.54) is 6.33 Å². The monoisotopic (exact) mass is 343 g/mol. The van der Waals surface area contributed by atoms with Crippen molar-refractivity contribution in [1.82, 2.24) is 9.97 Å². The van der Waals surface area contributed by atoms with Gasteiger partial charge >= 0.3 is 0 Å². The first-order chi connectivity index (χ1) is 10.1. The van der Waals surface area contributed by atoms with Gasteiger partial charge in [-0.25, -0.2) is 9.97 Å². The molecule has 3 nitrogen and oxygen atoms in total. The molecular weight excluding hydrogens is 329 g/mol. The third-order valence-electron chi connectivity index (χ3n) is 3.09. The van der Waals surface area contributed by atoms with Gasteiger partial charge in [0.25, 0.3) is 0 Å². The maximum Gasteiger partial charge on any atom is 0.137 e. The molecule has 0 saturated heterocycles. The Morgan fingerprint density at radius 2 is 1.90 bits per heavy atom. The van der Waals surface area contributed by atoms with E-state index in [0.717, 1.165) is 36.2 Å². The van der Waals surface area contributed by atoms with Crippen LogP contribution >= 0.6 is 34.8 Å². The highest BCUT2D eigenvalue weighted by atomic mass is 35.5. The van der Waals surface area contributed by atoms with Gasteiger partial charge in [-0.2, -0.15) is 0 Å². The van der Waals surface area contributed by atoms with Gasteiger partial charge in [-0.05, 0) is 30.5 Å². The van der Waals surface area contributed by atoms with Crippen LogP contribution in [-0.4, -0.2) is 16.5 Å². The van der Waals surface area contributed by atoms with Crippen LogP contribution in [-0.2, 0) is 12.8 Å². The molecule has 2 rings (SSSR count). The summed E-state index contributed by atoms with van der Waals surface area (Å²) in [4.78, 5) is 8.29. The second-order valence-corrected chi connectivity index (χ2v) is 5.86. The lowest BCUT2D eigenvalue weighted by Crippen LogP contribution is -2.09. The molecule has 0 bridgehead atoms. The number of benzene rings is 1. The summed E-state index contributed by atoms with van der Waals surface area (Å²) in [6, 6.07) is 5.53. The number of hydrogen-bond acceptors (Lipinski definition) is 3. The Hall–Kier alpha value is -1.03. The third kappa shape index (κ3) is 4.47. The van der Waals surface area contributed by atoms with Gasteiger partial charge in [0.15, 0.2) is 0 Å². The molecule has 6 heteroatoms. The van der Waals surface area contributed by atoms with E-state index in [4.69, 9.17) is 34.8 Å². The van der Waals surface area contributed by atoms with Crippen molar-refractivity contribution < 1.29 is 0 Å². The molecule has 1 N–H and O–H groups in total. The van der Waals surface area contributed by atoms with Crippen LogP contribution in [0.4, 0.5) is 5.82 Å². The van der Waals surface area contributed by atoms with Crippen molar-refractivity contribution in [2.24, 2.45) is 0 Å². The Morgan fingerprint density at radius 3 is 2.62 bits per heavy atom. The lowest BCUT2D eigenvalue weighted by molar-refractivity contribution is 0.893. The Bertz CT molecular complexity index is 617. The Kier molecular flexibility index (Phi) is 6.09. The number of aromatic nitrogens is 2. The highest BCUT2D eigenvalue weighted by Gasteiger charge is 2.09. The molecule has 2 aromatic rings. The van der Waals surface area contributed by atoms with Crippen molar-refractivity contribution in [2.45, 2.75) is 26.2 Å². The van der Waals surface area contributed by atoms with Crippen molar-refractivity contribution in [2.75, 3.05) is 11.9 Å². The lowest BCUT2D eigenvalue weighted by atomic mass is 10.1.